The molecule has 1 rings (SSSR count). The number of ether oxygens (including phenoxy) is 1. The first-order valence-corrected chi connectivity index (χ1v) is 7.59. The molecule has 0 amide bonds. The van der Waals surface area contributed by atoms with E-state index in [4.69, 9.17) is 4.74 Å². The van der Waals surface area contributed by atoms with Gasteiger partial charge in [-0.2, -0.15) is 0 Å². The summed E-state index contributed by atoms with van der Waals surface area (Å²) in [7, 11) is -1.83. The lowest BCUT2D eigenvalue weighted by Gasteiger charge is -2.25. The predicted molar refractivity (Wildman–Crippen MR) is 74.6 cm³/mol. The van der Waals surface area contributed by atoms with Crippen molar-refractivity contribution in [3.05, 3.63) is 29.8 Å². The van der Waals surface area contributed by atoms with E-state index in [1.807, 2.05) is 0 Å². The van der Waals surface area contributed by atoms with Crippen molar-refractivity contribution in [3.63, 3.8) is 0 Å². The third-order valence-electron chi connectivity index (χ3n) is 2.95. The Bertz CT molecular complexity index is 506. The lowest BCUT2D eigenvalue weighted by molar-refractivity contribution is 0.0626. The minimum absolute atomic E-state index is 0.0696. The van der Waals surface area contributed by atoms with Crippen molar-refractivity contribution < 1.29 is 18.3 Å². The smallest absolute Gasteiger partial charge is 0.214 e. The largest absolute Gasteiger partial charge is 0.497 e. The van der Waals surface area contributed by atoms with E-state index < -0.39 is 20.9 Å². The van der Waals surface area contributed by atoms with Crippen LogP contribution in [0.2, 0.25) is 0 Å². The molecule has 0 bridgehead atoms. The fraction of sp³-hybridized carbons (Fsp3) is 0.538. The Morgan fingerprint density at radius 2 is 1.84 bits per heavy atom. The Morgan fingerprint density at radius 1 is 1.32 bits per heavy atom. The maximum atomic E-state index is 11.7. The lowest BCUT2D eigenvalue weighted by Crippen LogP contribution is -2.41. The molecule has 6 heteroatoms. The van der Waals surface area contributed by atoms with Gasteiger partial charge in [-0.05, 0) is 38.5 Å². The third-order valence-corrected chi connectivity index (χ3v) is 4.74. The zero-order chi connectivity index (χ0) is 14.7. The monoisotopic (exact) mass is 287 g/mol. The van der Waals surface area contributed by atoms with Gasteiger partial charge in [-0.25, -0.2) is 13.1 Å². The van der Waals surface area contributed by atoms with E-state index in [1.165, 1.54) is 0 Å². The summed E-state index contributed by atoms with van der Waals surface area (Å²) in [6.07, 6.45) is 0. The second kappa shape index (κ2) is 5.90. The van der Waals surface area contributed by atoms with Crippen molar-refractivity contribution in [3.8, 4) is 5.75 Å². The molecular weight excluding hydrogens is 266 g/mol. The Morgan fingerprint density at radius 3 is 2.26 bits per heavy atom. The number of benzene rings is 1. The van der Waals surface area contributed by atoms with E-state index in [-0.39, 0.29) is 6.54 Å². The van der Waals surface area contributed by atoms with Crippen molar-refractivity contribution in [1.29, 1.82) is 0 Å². The predicted octanol–water partition coefficient (Wildman–Crippen LogP) is 1.23. The van der Waals surface area contributed by atoms with Crippen LogP contribution in [0.3, 0.4) is 0 Å². The van der Waals surface area contributed by atoms with Gasteiger partial charge in [0.25, 0.3) is 0 Å². The fourth-order valence-electron chi connectivity index (χ4n) is 1.46. The summed E-state index contributed by atoms with van der Waals surface area (Å²) >= 11 is 0. The van der Waals surface area contributed by atoms with Gasteiger partial charge in [0, 0.05) is 6.54 Å². The first-order valence-electron chi connectivity index (χ1n) is 6.04. The Labute approximate surface area is 114 Å². The zero-order valence-electron chi connectivity index (χ0n) is 11.7. The number of hydrogen-bond acceptors (Lipinski definition) is 4. The van der Waals surface area contributed by atoms with E-state index in [2.05, 4.69) is 4.72 Å². The molecule has 2 N–H and O–H groups in total. The molecular formula is C13H21NO4S. The first-order chi connectivity index (χ1) is 8.69. The van der Waals surface area contributed by atoms with Crippen LogP contribution in [-0.4, -0.2) is 32.4 Å². The standard InChI is InChI=1S/C13H21NO4S/c1-10(2)19(16,17)14-9-13(3,15)11-5-7-12(18-4)8-6-11/h5-8,10,14-15H,9H2,1-4H3. The van der Waals surface area contributed by atoms with Gasteiger partial charge >= 0.3 is 0 Å². The molecule has 1 atom stereocenters. The summed E-state index contributed by atoms with van der Waals surface area (Å²) in [4.78, 5) is 0. The molecule has 1 aromatic rings. The van der Waals surface area contributed by atoms with E-state index in [9.17, 15) is 13.5 Å². The number of methoxy groups -OCH3 is 1. The van der Waals surface area contributed by atoms with E-state index in [0.717, 1.165) is 0 Å². The molecule has 0 heterocycles. The van der Waals surface area contributed by atoms with Gasteiger partial charge in [0.1, 0.15) is 11.4 Å². The lowest BCUT2D eigenvalue weighted by atomic mass is 9.96. The normalized spacial score (nSPS) is 15.3. The minimum atomic E-state index is -3.39. The summed E-state index contributed by atoms with van der Waals surface area (Å²) in [6.45, 7) is 4.67. The van der Waals surface area contributed by atoms with Crippen molar-refractivity contribution >= 4 is 10.0 Å². The Balaban J connectivity index is 2.80. The molecule has 0 fully saturated rings. The molecule has 0 saturated heterocycles. The van der Waals surface area contributed by atoms with Crippen LogP contribution in [0.4, 0.5) is 0 Å². The summed E-state index contributed by atoms with van der Waals surface area (Å²) in [5.74, 6) is 0.683. The average molecular weight is 287 g/mol. The van der Waals surface area contributed by atoms with Gasteiger partial charge in [-0.15, -0.1) is 0 Å². The van der Waals surface area contributed by atoms with Crippen LogP contribution in [0, 0.1) is 0 Å². The first kappa shape index (κ1) is 15.9. The highest BCUT2D eigenvalue weighted by Gasteiger charge is 2.26. The minimum Gasteiger partial charge on any atom is -0.497 e. The summed E-state index contributed by atoms with van der Waals surface area (Å²) in [6, 6.07) is 6.87. The van der Waals surface area contributed by atoms with Gasteiger partial charge in [-0.1, -0.05) is 12.1 Å². The molecule has 5 nitrogen and oxygen atoms in total. The van der Waals surface area contributed by atoms with Gasteiger partial charge in [0.05, 0.1) is 12.4 Å². The quantitative estimate of drug-likeness (QED) is 0.825. The van der Waals surface area contributed by atoms with Gasteiger partial charge in [0.15, 0.2) is 0 Å². The average Bonchev–Trinajstić information content (AvgIpc) is 2.36. The Kier molecular flexibility index (Phi) is 4.95. The summed E-state index contributed by atoms with van der Waals surface area (Å²) in [5.41, 5.74) is -0.645. The highest BCUT2D eigenvalue weighted by molar-refractivity contribution is 7.90. The topological polar surface area (TPSA) is 75.6 Å². The van der Waals surface area contributed by atoms with Crippen molar-refractivity contribution in [2.24, 2.45) is 0 Å². The van der Waals surface area contributed by atoms with Crippen LogP contribution >= 0.6 is 0 Å². The van der Waals surface area contributed by atoms with Crippen molar-refractivity contribution in [1.82, 2.24) is 4.72 Å². The summed E-state index contributed by atoms with van der Waals surface area (Å²) < 4.78 is 30.8. The number of nitrogens with one attached hydrogen (secondary N) is 1. The van der Waals surface area contributed by atoms with E-state index >= 15 is 0 Å². The number of aliphatic hydroxyl groups is 1. The highest BCUT2D eigenvalue weighted by atomic mass is 32.2. The molecule has 0 radical (unpaired) electrons. The van der Waals surface area contributed by atoms with Gasteiger partial charge < -0.3 is 9.84 Å². The second-order valence-electron chi connectivity index (χ2n) is 4.92. The fourth-order valence-corrected chi connectivity index (χ4v) is 2.28. The molecule has 19 heavy (non-hydrogen) atoms. The van der Waals surface area contributed by atoms with E-state index in [1.54, 1.807) is 52.1 Å². The molecule has 0 aliphatic heterocycles. The maximum absolute atomic E-state index is 11.7. The SMILES string of the molecule is COc1ccc(C(C)(O)CNS(=O)(=O)C(C)C)cc1. The molecule has 1 aromatic carbocycles. The van der Waals surface area contributed by atoms with E-state index in [0.29, 0.717) is 11.3 Å². The molecule has 1 unspecified atom stereocenters. The van der Waals surface area contributed by atoms with Crippen LogP contribution in [-0.2, 0) is 15.6 Å². The van der Waals surface area contributed by atoms with Crippen LogP contribution in [0.5, 0.6) is 5.75 Å². The van der Waals surface area contributed by atoms with Crippen LogP contribution in [0.1, 0.15) is 26.3 Å². The molecule has 0 saturated carbocycles. The van der Waals surface area contributed by atoms with Gasteiger partial charge in [0.2, 0.25) is 10.0 Å². The van der Waals surface area contributed by atoms with Crippen LogP contribution in [0.25, 0.3) is 0 Å². The summed E-state index contributed by atoms with van der Waals surface area (Å²) in [5, 5.41) is 9.80. The third kappa shape index (κ3) is 4.19. The number of rotatable bonds is 6. The van der Waals surface area contributed by atoms with Crippen molar-refractivity contribution in [2.45, 2.75) is 31.6 Å². The molecule has 0 aliphatic rings. The van der Waals surface area contributed by atoms with Crippen LogP contribution in [0.15, 0.2) is 24.3 Å². The second-order valence-corrected chi connectivity index (χ2v) is 7.24. The molecule has 108 valence electrons. The molecule has 0 aliphatic carbocycles. The van der Waals surface area contributed by atoms with Crippen LogP contribution < -0.4 is 9.46 Å². The Hall–Kier alpha value is -1.11. The molecule has 0 spiro atoms. The highest BCUT2D eigenvalue weighted by Crippen LogP contribution is 2.22. The zero-order valence-corrected chi connectivity index (χ0v) is 12.5. The van der Waals surface area contributed by atoms with Gasteiger partial charge in [-0.3, -0.25) is 0 Å². The maximum Gasteiger partial charge on any atom is 0.214 e. The number of hydrogen-bond donors (Lipinski definition) is 2. The van der Waals surface area contributed by atoms with Crippen molar-refractivity contribution in [2.75, 3.05) is 13.7 Å². The molecule has 0 aromatic heterocycles. The number of sulfonamides is 1.